The van der Waals surface area contributed by atoms with Gasteiger partial charge in [0, 0.05) is 29.8 Å². The van der Waals surface area contributed by atoms with E-state index in [-0.39, 0.29) is 5.91 Å². The molecule has 0 radical (unpaired) electrons. The van der Waals surface area contributed by atoms with Crippen molar-refractivity contribution in [2.45, 2.75) is 6.54 Å². The molecule has 5 nitrogen and oxygen atoms in total. The molecular weight excluding hydrogens is 300 g/mol. The summed E-state index contributed by atoms with van der Waals surface area (Å²) in [6.07, 6.45) is 5.13. The number of carbonyl (C=O) groups is 1. The van der Waals surface area contributed by atoms with Gasteiger partial charge in [0.05, 0.1) is 6.54 Å². The minimum atomic E-state index is -0.222. The first kappa shape index (κ1) is 14.3. The Labute approximate surface area is 132 Å². The summed E-state index contributed by atoms with van der Waals surface area (Å²) in [5, 5.41) is 7.31. The molecular formula is C16H13ClN4O. The maximum Gasteiger partial charge on any atom is 0.255 e. The number of nitrogens with one attached hydrogen (secondary N) is 1. The van der Waals surface area contributed by atoms with Gasteiger partial charge in [0.25, 0.3) is 5.91 Å². The van der Waals surface area contributed by atoms with Gasteiger partial charge in [0.2, 0.25) is 0 Å². The Hall–Kier alpha value is -2.66. The Balaban J connectivity index is 1.74. The minimum Gasteiger partial charge on any atom is -0.322 e. The predicted molar refractivity (Wildman–Crippen MR) is 85.0 cm³/mol. The second-order valence-corrected chi connectivity index (χ2v) is 5.11. The molecule has 0 saturated carbocycles. The predicted octanol–water partition coefficient (Wildman–Crippen LogP) is 3.23. The second kappa shape index (κ2) is 6.41. The van der Waals surface area contributed by atoms with Gasteiger partial charge in [-0.3, -0.25) is 9.48 Å². The van der Waals surface area contributed by atoms with E-state index in [1.165, 1.54) is 12.3 Å². The SMILES string of the molecule is O=C(Nc1cccc(Cn2cccn2)c1)c1ccnc(Cl)c1. The average molecular weight is 313 g/mol. The molecule has 0 aliphatic rings. The third-order valence-electron chi connectivity index (χ3n) is 3.08. The van der Waals surface area contributed by atoms with Crippen LogP contribution in [0.25, 0.3) is 0 Å². The number of hydrogen-bond donors (Lipinski definition) is 1. The van der Waals surface area contributed by atoms with Crippen LogP contribution < -0.4 is 5.32 Å². The number of rotatable bonds is 4. The van der Waals surface area contributed by atoms with Crippen LogP contribution in [-0.4, -0.2) is 20.7 Å². The molecule has 3 rings (SSSR count). The first-order chi connectivity index (χ1) is 10.7. The summed E-state index contributed by atoms with van der Waals surface area (Å²) in [4.78, 5) is 16.0. The first-order valence-electron chi connectivity index (χ1n) is 6.70. The molecule has 0 saturated heterocycles. The lowest BCUT2D eigenvalue weighted by atomic mass is 10.2. The number of pyridine rings is 1. The number of amides is 1. The summed E-state index contributed by atoms with van der Waals surface area (Å²) < 4.78 is 1.82. The van der Waals surface area contributed by atoms with Crippen LogP contribution in [0.4, 0.5) is 5.69 Å². The Morgan fingerprint density at radius 3 is 2.86 bits per heavy atom. The molecule has 0 unspecified atom stereocenters. The minimum absolute atomic E-state index is 0.222. The fraction of sp³-hybridized carbons (Fsp3) is 0.0625. The maximum absolute atomic E-state index is 12.2. The smallest absolute Gasteiger partial charge is 0.255 e. The lowest BCUT2D eigenvalue weighted by molar-refractivity contribution is 0.102. The molecule has 2 heterocycles. The molecule has 0 aliphatic carbocycles. The molecule has 0 spiro atoms. The van der Waals surface area contributed by atoms with Crippen molar-refractivity contribution < 1.29 is 4.79 Å². The summed E-state index contributed by atoms with van der Waals surface area (Å²) >= 11 is 5.80. The highest BCUT2D eigenvalue weighted by atomic mass is 35.5. The van der Waals surface area contributed by atoms with Crippen LogP contribution in [0.1, 0.15) is 15.9 Å². The molecule has 1 N–H and O–H groups in total. The van der Waals surface area contributed by atoms with Crippen molar-refractivity contribution in [3.05, 3.63) is 77.3 Å². The molecule has 6 heteroatoms. The topological polar surface area (TPSA) is 59.8 Å². The number of anilines is 1. The van der Waals surface area contributed by atoms with Gasteiger partial charge in [-0.2, -0.15) is 5.10 Å². The number of nitrogens with zero attached hydrogens (tertiary/aromatic N) is 3. The molecule has 0 bridgehead atoms. The fourth-order valence-electron chi connectivity index (χ4n) is 2.08. The van der Waals surface area contributed by atoms with E-state index in [1.54, 1.807) is 12.3 Å². The van der Waals surface area contributed by atoms with Gasteiger partial charge in [-0.05, 0) is 35.9 Å². The fourth-order valence-corrected chi connectivity index (χ4v) is 2.25. The van der Waals surface area contributed by atoms with Crippen LogP contribution in [0.5, 0.6) is 0 Å². The van der Waals surface area contributed by atoms with Crippen LogP contribution in [0.3, 0.4) is 0 Å². The first-order valence-corrected chi connectivity index (χ1v) is 7.08. The Morgan fingerprint density at radius 2 is 2.09 bits per heavy atom. The van der Waals surface area contributed by atoms with E-state index in [0.717, 1.165) is 11.3 Å². The highest BCUT2D eigenvalue weighted by Gasteiger charge is 2.07. The van der Waals surface area contributed by atoms with Gasteiger partial charge >= 0.3 is 0 Å². The quantitative estimate of drug-likeness (QED) is 0.752. The van der Waals surface area contributed by atoms with Crippen molar-refractivity contribution >= 4 is 23.2 Å². The summed E-state index contributed by atoms with van der Waals surface area (Å²) in [7, 11) is 0. The van der Waals surface area contributed by atoms with E-state index in [1.807, 2.05) is 41.2 Å². The van der Waals surface area contributed by atoms with Crippen molar-refractivity contribution in [1.29, 1.82) is 0 Å². The summed E-state index contributed by atoms with van der Waals surface area (Å²) in [6.45, 7) is 0.651. The largest absolute Gasteiger partial charge is 0.322 e. The van der Waals surface area contributed by atoms with Gasteiger partial charge in [-0.25, -0.2) is 4.98 Å². The van der Waals surface area contributed by atoms with Gasteiger partial charge in [0.15, 0.2) is 0 Å². The monoisotopic (exact) mass is 312 g/mol. The van der Waals surface area contributed by atoms with Crippen molar-refractivity contribution in [3.63, 3.8) is 0 Å². The molecule has 0 atom stereocenters. The van der Waals surface area contributed by atoms with E-state index in [4.69, 9.17) is 11.6 Å². The summed E-state index contributed by atoms with van der Waals surface area (Å²) in [6, 6.07) is 12.7. The average Bonchev–Trinajstić information content (AvgIpc) is 3.00. The summed E-state index contributed by atoms with van der Waals surface area (Å²) in [5.41, 5.74) is 2.24. The lowest BCUT2D eigenvalue weighted by Crippen LogP contribution is -2.12. The number of hydrogen-bond acceptors (Lipinski definition) is 3. The lowest BCUT2D eigenvalue weighted by Gasteiger charge is -2.08. The zero-order chi connectivity index (χ0) is 15.4. The molecule has 0 aliphatic heterocycles. The molecule has 2 aromatic heterocycles. The molecule has 1 aromatic carbocycles. The van der Waals surface area contributed by atoms with Crippen LogP contribution in [-0.2, 0) is 6.54 Å². The Morgan fingerprint density at radius 1 is 1.18 bits per heavy atom. The van der Waals surface area contributed by atoms with E-state index in [9.17, 15) is 4.79 Å². The van der Waals surface area contributed by atoms with E-state index < -0.39 is 0 Å². The van der Waals surface area contributed by atoms with Crippen LogP contribution in [0.15, 0.2) is 61.1 Å². The number of halogens is 1. The number of benzene rings is 1. The summed E-state index contributed by atoms with van der Waals surface area (Å²) in [5.74, 6) is -0.222. The number of carbonyl (C=O) groups excluding carboxylic acids is 1. The highest BCUT2D eigenvalue weighted by Crippen LogP contribution is 2.14. The van der Waals surface area contributed by atoms with E-state index >= 15 is 0 Å². The number of aromatic nitrogens is 3. The maximum atomic E-state index is 12.2. The Bertz CT molecular complexity index is 786. The third kappa shape index (κ3) is 3.51. The molecule has 22 heavy (non-hydrogen) atoms. The second-order valence-electron chi connectivity index (χ2n) is 4.73. The van der Waals surface area contributed by atoms with Crippen LogP contribution in [0, 0.1) is 0 Å². The van der Waals surface area contributed by atoms with Crippen molar-refractivity contribution in [2.75, 3.05) is 5.32 Å². The van der Waals surface area contributed by atoms with E-state index in [2.05, 4.69) is 15.4 Å². The standard InChI is InChI=1S/C16H13ClN4O/c17-15-10-13(5-7-18-15)16(22)20-14-4-1-3-12(9-14)11-21-8-2-6-19-21/h1-10H,11H2,(H,20,22). The van der Waals surface area contributed by atoms with Crippen molar-refractivity contribution in [3.8, 4) is 0 Å². The van der Waals surface area contributed by atoms with Crippen LogP contribution >= 0.6 is 11.6 Å². The van der Waals surface area contributed by atoms with Crippen LogP contribution in [0.2, 0.25) is 5.15 Å². The van der Waals surface area contributed by atoms with Gasteiger partial charge in [0.1, 0.15) is 5.15 Å². The molecule has 0 fully saturated rings. The molecule has 1 amide bonds. The van der Waals surface area contributed by atoms with E-state index in [0.29, 0.717) is 17.3 Å². The zero-order valence-electron chi connectivity index (χ0n) is 11.6. The van der Waals surface area contributed by atoms with Gasteiger partial charge < -0.3 is 5.32 Å². The third-order valence-corrected chi connectivity index (χ3v) is 3.28. The van der Waals surface area contributed by atoms with Gasteiger partial charge in [-0.15, -0.1) is 0 Å². The van der Waals surface area contributed by atoms with Gasteiger partial charge in [-0.1, -0.05) is 23.7 Å². The highest BCUT2D eigenvalue weighted by molar-refractivity contribution is 6.29. The Kier molecular flexibility index (Phi) is 4.16. The normalized spacial score (nSPS) is 10.4. The zero-order valence-corrected chi connectivity index (χ0v) is 12.4. The molecule has 110 valence electrons. The molecule has 3 aromatic rings. The van der Waals surface area contributed by atoms with Crippen molar-refractivity contribution in [2.24, 2.45) is 0 Å². The van der Waals surface area contributed by atoms with Crippen molar-refractivity contribution in [1.82, 2.24) is 14.8 Å².